The van der Waals surface area contributed by atoms with Crippen LogP contribution in [-0.2, 0) is 0 Å². The van der Waals surface area contributed by atoms with Crippen LogP contribution in [0.5, 0.6) is 0 Å². The zero-order chi connectivity index (χ0) is 13.5. The number of carbonyl (C=O) groups is 1. The van der Waals surface area contributed by atoms with Crippen molar-refractivity contribution in [2.45, 2.75) is 43.8 Å². The Hall–Kier alpha value is -1.62. The number of pyridine rings is 1. The normalized spacial score (nSPS) is 28.5. The molecule has 5 heteroatoms. The van der Waals surface area contributed by atoms with Crippen molar-refractivity contribution in [3.63, 3.8) is 0 Å². The molecule has 1 aromatic heterocycles. The van der Waals surface area contributed by atoms with Crippen molar-refractivity contribution in [2.75, 3.05) is 18.0 Å². The number of piperazine rings is 1. The number of aromatic nitrogens is 1. The summed E-state index contributed by atoms with van der Waals surface area (Å²) < 4.78 is 0. The molecule has 106 valence electrons. The van der Waals surface area contributed by atoms with E-state index in [9.17, 15) is 4.79 Å². The molecule has 0 aromatic carbocycles. The lowest BCUT2D eigenvalue weighted by atomic mass is 9.83. The molecule has 2 aliphatic carbocycles. The van der Waals surface area contributed by atoms with Gasteiger partial charge in [-0.2, -0.15) is 0 Å². The van der Waals surface area contributed by atoms with Crippen molar-refractivity contribution in [3.05, 3.63) is 24.0 Å². The van der Waals surface area contributed by atoms with E-state index in [4.69, 9.17) is 0 Å². The van der Waals surface area contributed by atoms with Gasteiger partial charge in [-0.15, -0.1) is 0 Å². The van der Waals surface area contributed by atoms with Crippen LogP contribution in [0.1, 0.15) is 36.2 Å². The van der Waals surface area contributed by atoms with Gasteiger partial charge < -0.3 is 15.5 Å². The monoisotopic (exact) mass is 272 g/mol. The van der Waals surface area contributed by atoms with E-state index in [2.05, 4.69) is 20.5 Å². The first-order valence-corrected chi connectivity index (χ1v) is 7.58. The quantitative estimate of drug-likeness (QED) is 0.859. The number of rotatable bonds is 3. The number of carbonyl (C=O) groups excluding carboxylic acids is 1. The average molecular weight is 272 g/mol. The van der Waals surface area contributed by atoms with Gasteiger partial charge in [0.2, 0.25) is 0 Å². The highest BCUT2D eigenvalue weighted by atomic mass is 16.2. The maximum Gasteiger partial charge on any atom is 0.270 e. The van der Waals surface area contributed by atoms with Gasteiger partial charge in [0.1, 0.15) is 5.69 Å². The van der Waals surface area contributed by atoms with Gasteiger partial charge in [0.15, 0.2) is 0 Å². The molecule has 3 aliphatic rings. The summed E-state index contributed by atoms with van der Waals surface area (Å²) in [6.07, 6.45) is 6.59. The van der Waals surface area contributed by atoms with E-state index in [1.807, 2.05) is 18.3 Å². The van der Waals surface area contributed by atoms with Crippen LogP contribution in [0.4, 0.5) is 5.69 Å². The molecular weight excluding hydrogens is 252 g/mol. The Bertz CT molecular complexity index is 511. The molecule has 1 saturated heterocycles. The number of fused-ring (bicyclic) bond motifs is 1. The first-order valence-electron chi connectivity index (χ1n) is 7.58. The molecule has 2 atom stereocenters. The zero-order valence-corrected chi connectivity index (χ0v) is 11.5. The molecule has 2 heterocycles. The smallest absolute Gasteiger partial charge is 0.270 e. The maximum atomic E-state index is 11.9. The summed E-state index contributed by atoms with van der Waals surface area (Å²) in [6, 6.07) is 5.52. The largest absolute Gasteiger partial charge is 0.364 e. The van der Waals surface area contributed by atoms with Crippen LogP contribution < -0.4 is 15.5 Å². The summed E-state index contributed by atoms with van der Waals surface area (Å²) in [6.45, 7) is 2.06. The van der Waals surface area contributed by atoms with E-state index in [0.29, 0.717) is 23.8 Å². The second kappa shape index (κ2) is 4.74. The van der Waals surface area contributed by atoms with E-state index < -0.39 is 0 Å². The van der Waals surface area contributed by atoms with Crippen LogP contribution in [0.2, 0.25) is 0 Å². The van der Waals surface area contributed by atoms with E-state index in [-0.39, 0.29) is 5.91 Å². The predicted molar refractivity (Wildman–Crippen MR) is 76.9 cm³/mol. The molecule has 5 nitrogen and oxygen atoms in total. The Kier molecular flexibility index (Phi) is 2.88. The second-order valence-electron chi connectivity index (χ2n) is 6.05. The van der Waals surface area contributed by atoms with Crippen LogP contribution in [-0.4, -0.2) is 42.1 Å². The number of anilines is 1. The second-order valence-corrected chi connectivity index (χ2v) is 6.05. The first-order chi connectivity index (χ1) is 9.81. The van der Waals surface area contributed by atoms with Gasteiger partial charge in [-0.25, -0.2) is 4.98 Å². The van der Waals surface area contributed by atoms with Gasteiger partial charge in [0.25, 0.3) is 5.91 Å². The molecule has 0 unspecified atom stereocenters. The van der Waals surface area contributed by atoms with Crippen molar-refractivity contribution in [2.24, 2.45) is 0 Å². The highest BCUT2D eigenvalue weighted by Crippen LogP contribution is 2.31. The summed E-state index contributed by atoms with van der Waals surface area (Å²) >= 11 is 0. The van der Waals surface area contributed by atoms with Crippen LogP contribution >= 0.6 is 0 Å². The Balaban J connectivity index is 1.47. The van der Waals surface area contributed by atoms with Crippen LogP contribution in [0.15, 0.2) is 18.3 Å². The van der Waals surface area contributed by atoms with Crippen LogP contribution in [0.3, 0.4) is 0 Å². The molecule has 1 aliphatic heterocycles. The van der Waals surface area contributed by atoms with Gasteiger partial charge in [-0.1, -0.05) is 0 Å². The van der Waals surface area contributed by atoms with Crippen molar-refractivity contribution >= 4 is 11.6 Å². The molecule has 0 spiro atoms. The number of hydrogen-bond donors (Lipinski definition) is 2. The SMILES string of the molecule is O=C(NC1CC1)c1ccc(N2CCN[C@@H]3CC[C@@H]32)cn1. The molecule has 1 aromatic rings. The van der Waals surface area contributed by atoms with Gasteiger partial charge in [0, 0.05) is 31.2 Å². The molecule has 20 heavy (non-hydrogen) atoms. The minimum atomic E-state index is -0.0409. The van der Waals surface area contributed by atoms with Gasteiger partial charge >= 0.3 is 0 Å². The molecule has 3 fully saturated rings. The molecule has 1 amide bonds. The van der Waals surface area contributed by atoms with Crippen molar-refractivity contribution in [1.29, 1.82) is 0 Å². The minimum Gasteiger partial charge on any atom is -0.364 e. The predicted octanol–water partition coefficient (Wildman–Crippen LogP) is 0.914. The molecule has 0 bridgehead atoms. The Morgan fingerprint density at radius 3 is 2.85 bits per heavy atom. The Morgan fingerprint density at radius 1 is 1.30 bits per heavy atom. The third-order valence-corrected chi connectivity index (χ3v) is 4.62. The molecule has 2 N–H and O–H groups in total. The summed E-state index contributed by atoms with van der Waals surface area (Å²) in [5.41, 5.74) is 1.67. The van der Waals surface area contributed by atoms with Gasteiger partial charge in [-0.3, -0.25) is 4.79 Å². The molecular formula is C15H20N4O. The van der Waals surface area contributed by atoms with E-state index in [1.165, 1.54) is 12.8 Å². The van der Waals surface area contributed by atoms with Crippen molar-refractivity contribution < 1.29 is 4.79 Å². The van der Waals surface area contributed by atoms with Crippen LogP contribution in [0.25, 0.3) is 0 Å². The lowest BCUT2D eigenvalue weighted by Crippen LogP contribution is -2.63. The number of nitrogens with zero attached hydrogens (tertiary/aromatic N) is 2. The van der Waals surface area contributed by atoms with Crippen molar-refractivity contribution in [3.8, 4) is 0 Å². The van der Waals surface area contributed by atoms with E-state index in [1.54, 1.807) is 0 Å². The third kappa shape index (κ3) is 2.16. The summed E-state index contributed by atoms with van der Waals surface area (Å²) in [5, 5.41) is 6.52. The first kappa shape index (κ1) is 12.1. The fourth-order valence-corrected chi connectivity index (χ4v) is 3.13. The Morgan fingerprint density at radius 2 is 2.20 bits per heavy atom. The third-order valence-electron chi connectivity index (χ3n) is 4.62. The molecule has 2 saturated carbocycles. The summed E-state index contributed by atoms with van der Waals surface area (Å²) in [7, 11) is 0. The fourth-order valence-electron chi connectivity index (χ4n) is 3.13. The summed E-state index contributed by atoms with van der Waals surface area (Å²) in [4.78, 5) is 18.7. The van der Waals surface area contributed by atoms with E-state index in [0.717, 1.165) is 31.6 Å². The minimum absolute atomic E-state index is 0.0409. The molecule has 0 radical (unpaired) electrons. The highest BCUT2D eigenvalue weighted by Gasteiger charge is 2.38. The molecule has 4 rings (SSSR count). The highest BCUT2D eigenvalue weighted by molar-refractivity contribution is 5.92. The maximum absolute atomic E-state index is 11.9. The van der Waals surface area contributed by atoms with E-state index >= 15 is 0 Å². The fraction of sp³-hybridized carbons (Fsp3) is 0.600. The lowest BCUT2D eigenvalue weighted by molar-refractivity contribution is 0.0946. The van der Waals surface area contributed by atoms with Crippen LogP contribution in [0, 0.1) is 0 Å². The van der Waals surface area contributed by atoms with Crippen molar-refractivity contribution in [1.82, 2.24) is 15.6 Å². The summed E-state index contributed by atoms with van der Waals surface area (Å²) in [5.74, 6) is -0.0409. The standard InChI is InChI=1S/C15H20N4O/c20-15(18-10-1-2-10)13-4-3-11(9-17-13)19-8-7-16-12-5-6-14(12)19/h3-4,9-10,12,14,16H,1-2,5-8H2,(H,18,20)/t12-,14+/m1/s1. The lowest BCUT2D eigenvalue weighted by Gasteiger charge is -2.49. The topological polar surface area (TPSA) is 57.3 Å². The number of amides is 1. The zero-order valence-electron chi connectivity index (χ0n) is 11.5. The number of hydrogen-bond acceptors (Lipinski definition) is 4. The average Bonchev–Trinajstić information content (AvgIpc) is 3.24. The van der Waals surface area contributed by atoms with Gasteiger partial charge in [-0.05, 0) is 37.8 Å². The number of nitrogens with one attached hydrogen (secondary N) is 2. The van der Waals surface area contributed by atoms with Gasteiger partial charge in [0.05, 0.1) is 11.9 Å². The Labute approximate surface area is 118 Å².